The molecule has 1 aromatic carbocycles. The largest absolute Gasteiger partial charge is 0.316 e. The van der Waals surface area contributed by atoms with E-state index in [1.165, 1.54) is 0 Å². The monoisotopic (exact) mass is 241 g/mol. The molecule has 1 aromatic rings. The lowest BCUT2D eigenvalue weighted by Gasteiger charge is -2.25. The van der Waals surface area contributed by atoms with Crippen molar-refractivity contribution in [1.29, 1.82) is 0 Å². The van der Waals surface area contributed by atoms with Crippen molar-refractivity contribution in [1.82, 2.24) is 5.32 Å². The van der Waals surface area contributed by atoms with Gasteiger partial charge in [0.25, 0.3) is 0 Å². The molecule has 1 heterocycles. The number of rotatable bonds is 1. The topological polar surface area (TPSA) is 12.0 Å². The van der Waals surface area contributed by atoms with Gasteiger partial charge in [0, 0.05) is 17.1 Å². The fraction of sp³-hybridized carbons (Fsp3) is 0.538. The van der Waals surface area contributed by atoms with Crippen LogP contribution < -0.4 is 5.32 Å². The summed E-state index contributed by atoms with van der Waals surface area (Å²) in [5, 5.41) is 3.89. The van der Waals surface area contributed by atoms with E-state index in [2.05, 4.69) is 5.32 Å². The maximum absolute atomic E-state index is 13.9. The molecule has 0 spiro atoms. The Labute approximate surface area is 101 Å². The molecule has 0 bridgehead atoms. The molecule has 1 unspecified atom stereocenters. The number of piperidine rings is 1. The number of nitrogens with one attached hydrogen (secondary N) is 1. The second kappa shape index (κ2) is 4.72. The van der Waals surface area contributed by atoms with Crippen molar-refractivity contribution in [3.8, 4) is 0 Å². The minimum Gasteiger partial charge on any atom is -0.316 e. The number of hydrogen-bond acceptors (Lipinski definition) is 1. The molecule has 88 valence electrons. The van der Waals surface area contributed by atoms with Crippen LogP contribution in [0, 0.1) is 19.7 Å². The molecular formula is C13H17ClFN. The van der Waals surface area contributed by atoms with Crippen LogP contribution in [0.2, 0.25) is 5.02 Å². The van der Waals surface area contributed by atoms with Gasteiger partial charge < -0.3 is 5.32 Å². The fourth-order valence-corrected chi connectivity index (χ4v) is 2.61. The van der Waals surface area contributed by atoms with Gasteiger partial charge in [-0.3, -0.25) is 0 Å². The highest BCUT2D eigenvalue weighted by molar-refractivity contribution is 6.31. The summed E-state index contributed by atoms with van der Waals surface area (Å²) in [5.41, 5.74) is 2.39. The summed E-state index contributed by atoms with van der Waals surface area (Å²) in [6, 6.07) is 1.94. The molecule has 0 aromatic heterocycles. The summed E-state index contributed by atoms with van der Waals surface area (Å²) in [6.07, 6.45) is 2.27. The standard InChI is InChI=1S/C13H17ClFN/c1-8-11(10-4-3-5-16-7-10)6-12(14)9(2)13(8)15/h6,10,16H,3-5,7H2,1-2H3. The van der Waals surface area contributed by atoms with Gasteiger partial charge in [0.1, 0.15) is 5.82 Å². The smallest absolute Gasteiger partial charge is 0.130 e. The minimum atomic E-state index is -0.145. The van der Waals surface area contributed by atoms with Crippen LogP contribution in [-0.2, 0) is 0 Å². The Morgan fingerprint density at radius 3 is 2.75 bits per heavy atom. The van der Waals surface area contributed by atoms with Gasteiger partial charge in [-0.2, -0.15) is 0 Å². The molecule has 1 aliphatic heterocycles. The van der Waals surface area contributed by atoms with Crippen LogP contribution in [0.15, 0.2) is 6.07 Å². The first kappa shape index (κ1) is 11.9. The van der Waals surface area contributed by atoms with Crippen LogP contribution in [0.4, 0.5) is 4.39 Å². The van der Waals surface area contributed by atoms with Gasteiger partial charge in [0.05, 0.1) is 0 Å². The molecular weight excluding hydrogens is 225 g/mol. The Morgan fingerprint density at radius 1 is 1.38 bits per heavy atom. The molecule has 0 amide bonds. The quantitative estimate of drug-likeness (QED) is 0.793. The molecule has 1 aliphatic rings. The third kappa shape index (κ3) is 2.09. The van der Waals surface area contributed by atoms with Gasteiger partial charge in [-0.1, -0.05) is 11.6 Å². The van der Waals surface area contributed by atoms with Crippen molar-refractivity contribution in [2.45, 2.75) is 32.6 Å². The highest BCUT2D eigenvalue weighted by Gasteiger charge is 2.20. The molecule has 1 nitrogen and oxygen atoms in total. The van der Waals surface area contributed by atoms with Gasteiger partial charge >= 0.3 is 0 Å². The van der Waals surface area contributed by atoms with Crippen LogP contribution in [0.5, 0.6) is 0 Å². The first-order valence-corrected chi connectivity index (χ1v) is 6.15. The van der Waals surface area contributed by atoms with E-state index in [1.54, 1.807) is 6.92 Å². The lowest BCUT2D eigenvalue weighted by molar-refractivity contribution is 0.457. The Bertz CT molecular complexity index is 397. The zero-order valence-electron chi connectivity index (χ0n) is 9.74. The predicted molar refractivity (Wildman–Crippen MR) is 65.7 cm³/mol. The molecule has 1 atom stereocenters. The van der Waals surface area contributed by atoms with E-state index in [1.807, 2.05) is 13.0 Å². The van der Waals surface area contributed by atoms with Crippen molar-refractivity contribution >= 4 is 11.6 Å². The van der Waals surface area contributed by atoms with Gasteiger partial charge in [0.2, 0.25) is 0 Å². The zero-order valence-corrected chi connectivity index (χ0v) is 10.5. The normalized spacial score (nSPS) is 21.1. The third-order valence-electron chi connectivity index (χ3n) is 3.47. The maximum atomic E-state index is 13.9. The van der Waals surface area contributed by atoms with E-state index in [4.69, 9.17) is 11.6 Å². The Morgan fingerprint density at radius 2 is 2.12 bits per heavy atom. The second-order valence-electron chi connectivity index (χ2n) is 4.55. The van der Waals surface area contributed by atoms with Crippen LogP contribution in [0.3, 0.4) is 0 Å². The van der Waals surface area contributed by atoms with Crippen molar-refractivity contribution in [2.75, 3.05) is 13.1 Å². The van der Waals surface area contributed by atoms with E-state index in [0.717, 1.165) is 37.1 Å². The fourth-order valence-electron chi connectivity index (χ4n) is 2.41. The number of hydrogen-bond donors (Lipinski definition) is 1. The Kier molecular flexibility index (Phi) is 3.50. The van der Waals surface area contributed by atoms with Crippen molar-refractivity contribution < 1.29 is 4.39 Å². The van der Waals surface area contributed by atoms with Crippen LogP contribution in [-0.4, -0.2) is 13.1 Å². The van der Waals surface area contributed by atoms with Crippen molar-refractivity contribution in [3.63, 3.8) is 0 Å². The van der Waals surface area contributed by atoms with E-state index < -0.39 is 0 Å². The van der Waals surface area contributed by atoms with Gasteiger partial charge in [-0.15, -0.1) is 0 Å². The van der Waals surface area contributed by atoms with Crippen LogP contribution in [0.25, 0.3) is 0 Å². The molecule has 3 heteroatoms. The molecule has 1 N–H and O–H groups in total. The highest BCUT2D eigenvalue weighted by Crippen LogP contribution is 2.32. The minimum absolute atomic E-state index is 0.145. The van der Waals surface area contributed by atoms with E-state index in [0.29, 0.717) is 16.5 Å². The lowest BCUT2D eigenvalue weighted by Crippen LogP contribution is -2.29. The SMILES string of the molecule is Cc1c(Cl)cc(C2CCCNC2)c(C)c1F. The van der Waals surface area contributed by atoms with Crippen LogP contribution in [0.1, 0.15) is 35.4 Å². The third-order valence-corrected chi connectivity index (χ3v) is 3.86. The summed E-state index contributed by atoms with van der Waals surface area (Å²) in [7, 11) is 0. The molecule has 1 saturated heterocycles. The second-order valence-corrected chi connectivity index (χ2v) is 4.96. The average molecular weight is 242 g/mol. The van der Waals surface area contributed by atoms with Crippen LogP contribution >= 0.6 is 11.6 Å². The summed E-state index contributed by atoms with van der Waals surface area (Å²) in [6.45, 7) is 5.58. The zero-order chi connectivity index (χ0) is 11.7. The average Bonchev–Trinajstić information content (AvgIpc) is 2.32. The first-order valence-electron chi connectivity index (χ1n) is 5.77. The van der Waals surface area contributed by atoms with Gasteiger partial charge in [0.15, 0.2) is 0 Å². The summed E-state index contributed by atoms with van der Waals surface area (Å²) in [5.74, 6) is 0.259. The summed E-state index contributed by atoms with van der Waals surface area (Å²) >= 11 is 6.05. The molecule has 0 radical (unpaired) electrons. The van der Waals surface area contributed by atoms with E-state index >= 15 is 0 Å². The molecule has 1 fully saturated rings. The Hall–Kier alpha value is -0.600. The molecule has 16 heavy (non-hydrogen) atoms. The Balaban J connectivity index is 2.40. The molecule has 2 rings (SSSR count). The molecule has 0 saturated carbocycles. The highest BCUT2D eigenvalue weighted by atomic mass is 35.5. The van der Waals surface area contributed by atoms with Crippen molar-refractivity contribution in [3.05, 3.63) is 33.6 Å². The van der Waals surface area contributed by atoms with Crippen molar-refractivity contribution in [2.24, 2.45) is 0 Å². The lowest BCUT2D eigenvalue weighted by atomic mass is 9.88. The maximum Gasteiger partial charge on any atom is 0.130 e. The summed E-state index contributed by atoms with van der Waals surface area (Å²) in [4.78, 5) is 0. The first-order chi connectivity index (χ1) is 7.61. The molecule has 0 aliphatic carbocycles. The predicted octanol–water partition coefficient (Wildman–Crippen LogP) is 3.56. The van der Waals surface area contributed by atoms with Gasteiger partial charge in [-0.25, -0.2) is 4.39 Å². The summed E-state index contributed by atoms with van der Waals surface area (Å²) < 4.78 is 13.9. The van der Waals surface area contributed by atoms with E-state index in [-0.39, 0.29) is 5.82 Å². The number of benzene rings is 1. The van der Waals surface area contributed by atoms with Gasteiger partial charge in [-0.05, 0) is 56.3 Å². The number of halogens is 2. The van der Waals surface area contributed by atoms with E-state index in [9.17, 15) is 4.39 Å².